The number of benzene rings is 1. The van der Waals surface area contributed by atoms with E-state index in [0.717, 1.165) is 24.1 Å². The Hall–Kier alpha value is -1.51. The highest BCUT2D eigenvalue weighted by molar-refractivity contribution is 6.06. The van der Waals surface area contributed by atoms with Crippen molar-refractivity contribution in [2.45, 2.75) is 33.6 Å². The molecule has 0 aliphatic carbocycles. The molecule has 92 valence electrons. The number of rotatable bonds is 3. The fourth-order valence-corrected chi connectivity index (χ4v) is 1.63. The first-order chi connectivity index (χ1) is 8.08. The molecule has 2 nitrogen and oxygen atoms in total. The van der Waals surface area contributed by atoms with Gasteiger partial charge in [-0.3, -0.25) is 4.99 Å². The number of hydrogen-bond acceptors (Lipinski definition) is 1. The van der Waals surface area contributed by atoms with Crippen molar-refractivity contribution in [2.75, 3.05) is 7.05 Å². The second kappa shape index (κ2) is 6.28. The van der Waals surface area contributed by atoms with Crippen molar-refractivity contribution in [3.63, 3.8) is 0 Å². The van der Waals surface area contributed by atoms with Crippen LogP contribution in [0.15, 0.2) is 28.2 Å². The zero-order valence-corrected chi connectivity index (χ0v) is 10.9. The Balaban J connectivity index is 3.03. The Kier molecular flexibility index (Phi) is 5.01. The number of hydrogen-bond donors (Lipinski definition) is 0. The smallest absolute Gasteiger partial charge is 0.154 e. The van der Waals surface area contributed by atoms with Gasteiger partial charge in [0.25, 0.3) is 0 Å². The van der Waals surface area contributed by atoms with Crippen LogP contribution in [-0.4, -0.2) is 18.6 Å². The van der Waals surface area contributed by atoms with E-state index in [1.54, 1.807) is 26.1 Å². The SMILES string of the molecule is CCCC(C)=NC(=NC)c1ccc(F)c(C)c1. The Morgan fingerprint density at radius 1 is 1.35 bits per heavy atom. The van der Waals surface area contributed by atoms with Crippen LogP contribution >= 0.6 is 0 Å². The molecule has 0 amide bonds. The topological polar surface area (TPSA) is 24.7 Å². The van der Waals surface area contributed by atoms with Gasteiger partial charge in [0.15, 0.2) is 5.84 Å². The maximum atomic E-state index is 13.2. The van der Waals surface area contributed by atoms with Gasteiger partial charge in [0, 0.05) is 18.3 Å². The monoisotopic (exact) mass is 234 g/mol. The maximum Gasteiger partial charge on any atom is 0.154 e. The average molecular weight is 234 g/mol. The molecule has 17 heavy (non-hydrogen) atoms. The number of nitrogens with zero attached hydrogens (tertiary/aromatic N) is 2. The lowest BCUT2D eigenvalue weighted by Gasteiger charge is -2.04. The summed E-state index contributed by atoms with van der Waals surface area (Å²) in [6.45, 7) is 5.85. The number of halogens is 1. The minimum Gasteiger partial charge on any atom is -0.270 e. The van der Waals surface area contributed by atoms with E-state index in [9.17, 15) is 4.39 Å². The normalized spacial score (nSPS) is 13.0. The van der Waals surface area contributed by atoms with Gasteiger partial charge in [-0.25, -0.2) is 9.38 Å². The third-order valence-electron chi connectivity index (χ3n) is 2.54. The second-order valence-corrected chi connectivity index (χ2v) is 4.11. The molecule has 0 aromatic heterocycles. The van der Waals surface area contributed by atoms with Gasteiger partial charge in [-0.15, -0.1) is 0 Å². The van der Waals surface area contributed by atoms with Crippen molar-refractivity contribution in [3.8, 4) is 0 Å². The van der Waals surface area contributed by atoms with E-state index in [2.05, 4.69) is 16.9 Å². The van der Waals surface area contributed by atoms with Crippen LogP contribution in [0.25, 0.3) is 0 Å². The van der Waals surface area contributed by atoms with Gasteiger partial charge in [0.1, 0.15) is 5.82 Å². The van der Waals surface area contributed by atoms with Crippen molar-refractivity contribution >= 4 is 11.5 Å². The molecule has 0 fully saturated rings. The predicted molar refractivity (Wildman–Crippen MR) is 71.6 cm³/mol. The molecule has 0 heterocycles. The van der Waals surface area contributed by atoms with Crippen LogP contribution < -0.4 is 0 Å². The zero-order chi connectivity index (χ0) is 12.8. The molecule has 1 aromatic carbocycles. The first-order valence-corrected chi connectivity index (χ1v) is 5.86. The average Bonchev–Trinajstić information content (AvgIpc) is 2.30. The van der Waals surface area contributed by atoms with E-state index < -0.39 is 0 Å². The highest BCUT2D eigenvalue weighted by Gasteiger charge is 2.04. The lowest BCUT2D eigenvalue weighted by molar-refractivity contribution is 0.618. The van der Waals surface area contributed by atoms with E-state index in [1.807, 2.05) is 6.92 Å². The highest BCUT2D eigenvalue weighted by Crippen LogP contribution is 2.11. The molecule has 0 aliphatic rings. The summed E-state index contributed by atoms with van der Waals surface area (Å²) in [5.74, 6) is 0.470. The molecule has 0 saturated heterocycles. The van der Waals surface area contributed by atoms with Crippen LogP contribution in [0.4, 0.5) is 4.39 Å². The Morgan fingerprint density at radius 2 is 2.06 bits per heavy atom. The van der Waals surface area contributed by atoms with E-state index >= 15 is 0 Å². The van der Waals surface area contributed by atoms with E-state index in [0.29, 0.717) is 11.4 Å². The molecule has 0 radical (unpaired) electrons. The van der Waals surface area contributed by atoms with Crippen molar-refractivity contribution in [3.05, 3.63) is 35.1 Å². The van der Waals surface area contributed by atoms with Crippen molar-refractivity contribution < 1.29 is 4.39 Å². The summed E-state index contributed by atoms with van der Waals surface area (Å²) in [6.07, 6.45) is 2.02. The van der Waals surface area contributed by atoms with Gasteiger partial charge in [-0.2, -0.15) is 0 Å². The first-order valence-electron chi connectivity index (χ1n) is 5.86. The molecular weight excluding hydrogens is 215 g/mol. The minimum atomic E-state index is -0.196. The Bertz CT molecular complexity index is 448. The Labute approximate surface area is 102 Å². The third-order valence-corrected chi connectivity index (χ3v) is 2.54. The van der Waals surface area contributed by atoms with Crippen LogP contribution in [-0.2, 0) is 0 Å². The van der Waals surface area contributed by atoms with Crippen LogP contribution in [0, 0.1) is 12.7 Å². The summed E-state index contributed by atoms with van der Waals surface area (Å²) in [5.41, 5.74) is 2.53. The highest BCUT2D eigenvalue weighted by atomic mass is 19.1. The molecule has 0 spiro atoms. The summed E-state index contributed by atoms with van der Waals surface area (Å²) in [7, 11) is 1.71. The van der Waals surface area contributed by atoms with Gasteiger partial charge in [0.05, 0.1) is 0 Å². The van der Waals surface area contributed by atoms with Gasteiger partial charge in [-0.05, 0) is 44.0 Å². The molecule has 1 rings (SSSR count). The molecule has 0 bridgehead atoms. The molecule has 1 aromatic rings. The molecule has 0 aliphatic heterocycles. The second-order valence-electron chi connectivity index (χ2n) is 4.11. The van der Waals surface area contributed by atoms with Crippen LogP contribution in [0.5, 0.6) is 0 Å². The molecule has 0 N–H and O–H groups in total. The molecule has 0 atom stereocenters. The zero-order valence-electron chi connectivity index (χ0n) is 10.9. The van der Waals surface area contributed by atoms with Gasteiger partial charge in [-0.1, -0.05) is 13.3 Å². The summed E-state index contributed by atoms with van der Waals surface area (Å²) in [5, 5.41) is 0. The number of aliphatic imine (C=N–C) groups is 2. The lowest BCUT2D eigenvalue weighted by Crippen LogP contribution is -2.03. The van der Waals surface area contributed by atoms with Crippen LogP contribution in [0.1, 0.15) is 37.8 Å². The third kappa shape index (κ3) is 3.77. The summed E-state index contributed by atoms with van der Waals surface area (Å²) in [6, 6.07) is 4.95. The molecular formula is C14H19FN2. The fraction of sp³-hybridized carbons (Fsp3) is 0.429. The summed E-state index contributed by atoms with van der Waals surface area (Å²) in [4.78, 5) is 8.63. The Morgan fingerprint density at radius 3 is 2.59 bits per heavy atom. The lowest BCUT2D eigenvalue weighted by atomic mass is 10.1. The summed E-state index contributed by atoms with van der Waals surface area (Å²) >= 11 is 0. The first kappa shape index (κ1) is 13.6. The molecule has 3 heteroatoms. The minimum absolute atomic E-state index is 0.196. The maximum absolute atomic E-state index is 13.2. The van der Waals surface area contributed by atoms with E-state index in [-0.39, 0.29) is 5.82 Å². The van der Waals surface area contributed by atoms with Crippen molar-refractivity contribution in [2.24, 2.45) is 9.98 Å². The number of amidine groups is 1. The van der Waals surface area contributed by atoms with Gasteiger partial charge < -0.3 is 0 Å². The van der Waals surface area contributed by atoms with Crippen LogP contribution in [0.3, 0.4) is 0 Å². The summed E-state index contributed by atoms with van der Waals surface area (Å²) < 4.78 is 13.2. The molecule has 0 saturated carbocycles. The van der Waals surface area contributed by atoms with Gasteiger partial charge in [0.2, 0.25) is 0 Å². The van der Waals surface area contributed by atoms with Gasteiger partial charge >= 0.3 is 0 Å². The number of aryl methyl sites for hydroxylation is 1. The van der Waals surface area contributed by atoms with Crippen molar-refractivity contribution in [1.82, 2.24) is 0 Å². The van der Waals surface area contributed by atoms with Crippen molar-refractivity contribution in [1.29, 1.82) is 0 Å². The largest absolute Gasteiger partial charge is 0.270 e. The standard InChI is InChI=1S/C14H19FN2/c1-5-6-11(3)17-14(16-4)12-7-8-13(15)10(2)9-12/h7-9H,5-6H2,1-4H3. The quantitative estimate of drug-likeness (QED) is 0.562. The van der Waals surface area contributed by atoms with Crippen LogP contribution in [0.2, 0.25) is 0 Å². The van der Waals surface area contributed by atoms with E-state index in [1.165, 1.54) is 6.07 Å². The predicted octanol–water partition coefficient (Wildman–Crippen LogP) is 3.77. The fourth-order valence-electron chi connectivity index (χ4n) is 1.63. The molecule has 0 unspecified atom stereocenters. The van der Waals surface area contributed by atoms with E-state index in [4.69, 9.17) is 0 Å².